The Morgan fingerprint density at radius 2 is 1.77 bits per heavy atom. The van der Waals surface area contributed by atoms with Crippen LogP contribution in [0.1, 0.15) is 30.0 Å². The molecule has 2 aliphatic heterocycles. The standard InChI is InChI=1S/C19H26NO2/c1-20-9-8-13-10-17(21-2)18(22-3)11-16(13)19(20)15-7-5-4-6-14(15)12-20/h4-5,10-11,14-15,19H,6-9,12H2,1-3H3/q+1/t14-,15-,19+,20?/m1/s1. The number of benzene rings is 1. The monoisotopic (exact) mass is 300 g/mol. The summed E-state index contributed by atoms with van der Waals surface area (Å²) >= 11 is 0. The maximum atomic E-state index is 5.57. The third-order valence-corrected chi connectivity index (χ3v) is 6.20. The van der Waals surface area contributed by atoms with Crippen molar-refractivity contribution < 1.29 is 14.0 Å². The first-order chi connectivity index (χ1) is 10.7. The lowest BCUT2D eigenvalue weighted by Crippen LogP contribution is -2.48. The fraction of sp³-hybridized carbons (Fsp3) is 0.579. The number of ether oxygens (including phenoxy) is 2. The summed E-state index contributed by atoms with van der Waals surface area (Å²) in [6, 6.07) is 5.09. The van der Waals surface area contributed by atoms with Crippen LogP contribution in [0.15, 0.2) is 24.3 Å². The van der Waals surface area contributed by atoms with Crippen molar-refractivity contribution in [1.29, 1.82) is 0 Å². The van der Waals surface area contributed by atoms with Crippen molar-refractivity contribution in [2.75, 3.05) is 34.4 Å². The van der Waals surface area contributed by atoms with E-state index in [0.717, 1.165) is 29.8 Å². The Labute approximate surface area is 133 Å². The molecule has 4 rings (SSSR count). The predicted octanol–water partition coefficient (Wildman–Crippen LogP) is 3.34. The highest BCUT2D eigenvalue weighted by Crippen LogP contribution is 2.53. The lowest BCUT2D eigenvalue weighted by molar-refractivity contribution is -0.931. The van der Waals surface area contributed by atoms with Gasteiger partial charge in [0.1, 0.15) is 6.04 Å². The van der Waals surface area contributed by atoms with Crippen LogP contribution in [0.4, 0.5) is 0 Å². The Morgan fingerprint density at radius 3 is 2.55 bits per heavy atom. The number of rotatable bonds is 2. The van der Waals surface area contributed by atoms with E-state index in [1.165, 1.54) is 41.5 Å². The van der Waals surface area contributed by atoms with Crippen molar-refractivity contribution in [3.8, 4) is 11.5 Å². The summed E-state index contributed by atoms with van der Waals surface area (Å²) in [5.74, 6) is 3.38. The van der Waals surface area contributed by atoms with Crippen LogP contribution in [0, 0.1) is 11.8 Å². The van der Waals surface area contributed by atoms with Crippen molar-refractivity contribution in [3.63, 3.8) is 0 Å². The van der Waals surface area contributed by atoms with Gasteiger partial charge in [0.2, 0.25) is 0 Å². The third kappa shape index (κ3) is 1.91. The minimum absolute atomic E-state index is 0.624. The Hall–Kier alpha value is -1.48. The fourth-order valence-electron chi connectivity index (χ4n) is 5.20. The molecule has 0 radical (unpaired) electrons. The maximum Gasteiger partial charge on any atom is 0.161 e. The van der Waals surface area contributed by atoms with Crippen LogP contribution in [0.5, 0.6) is 11.5 Å². The first-order valence-electron chi connectivity index (χ1n) is 8.40. The van der Waals surface area contributed by atoms with Crippen LogP contribution in [-0.4, -0.2) is 38.8 Å². The molecule has 2 heterocycles. The van der Waals surface area contributed by atoms with Gasteiger partial charge in [-0.15, -0.1) is 0 Å². The molecule has 3 nitrogen and oxygen atoms in total. The van der Waals surface area contributed by atoms with Crippen LogP contribution in [0.3, 0.4) is 0 Å². The Morgan fingerprint density at radius 1 is 1.05 bits per heavy atom. The molecule has 1 aromatic rings. The second-order valence-corrected chi connectivity index (χ2v) is 7.35. The SMILES string of the molecule is COc1cc2c(cc1OC)[C@@H]1[C@@H]3CC=CC[C@@H]3C[N+]1(C)CC2. The molecule has 1 aromatic carbocycles. The van der Waals surface area contributed by atoms with Crippen LogP contribution in [0.25, 0.3) is 0 Å². The second-order valence-electron chi connectivity index (χ2n) is 7.35. The summed E-state index contributed by atoms with van der Waals surface area (Å²) in [5.41, 5.74) is 2.97. The van der Waals surface area contributed by atoms with Crippen molar-refractivity contribution in [3.05, 3.63) is 35.4 Å². The summed E-state index contributed by atoms with van der Waals surface area (Å²) in [4.78, 5) is 0. The predicted molar refractivity (Wildman–Crippen MR) is 87.3 cm³/mol. The second kappa shape index (κ2) is 5.02. The molecule has 0 saturated carbocycles. The summed E-state index contributed by atoms with van der Waals surface area (Å²) < 4.78 is 12.3. The molecule has 0 bridgehead atoms. The molecule has 4 atom stereocenters. The van der Waals surface area contributed by atoms with E-state index in [2.05, 4.69) is 31.3 Å². The molecule has 118 valence electrons. The number of hydrogen-bond acceptors (Lipinski definition) is 2. The molecule has 0 N–H and O–H groups in total. The Bertz CT molecular complexity index is 624. The van der Waals surface area contributed by atoms with Gasteiger partial charge in [0.25, 0.3) is 0 Å². The number of methoxy groups -OCH3 is 2. The maximum absolute atomic E-state index is 5.57. The average molecular weight is 300 g/mol. The van der Waals surface area contributed by atoms with Crippen molar-refractivity contribution in [1.82, 2.24) is 0 Å². The summed E-state index contributed by atoms with van der Waals surface area (Å²) in [7, 11) is 5.93. The molecule has 3 heteroatoms. The van der Waals surface area contributed by atoms with Crippen molar-refractivity contribution in [2.24, 2.45) is 11.8 Å². The van der Waals surface area contributed by atoms with Gasteiger partial charge in [-0.1, -0.05) is 12.2 Å². The topological polar surface area (TPSA) is 18.5 Å². The Kier molecular flexibility index (Phi) is 3.23. The highest BCUT2D eigenvalue weighted by Gasteiger charge is 2.54. The van der Waals surface area contributed by atoms with E-state index < -0.39 is 0 Å². The minimum Gasteiger partial charge on any atom is -0.493 e. The molecule has 0 spiro atoms. The quantitative estimate of drug-likeness (QED) is 0.616. The van der Waals surface area contributed by atoms with Crippen LogP contribution >= 0.6 is 0 Å². The smallest absolute Gasteiger partial charge is 0.161 e. The highest BCUT2D eigenvalue weighted by atomic mass is 16.5. The number of allylic oxidation sites excluding steroid dienone is 2. The molecular formula is C19H26NO2+. The molecule has 1 saturated heterocycles. The van der Waals surface area contributed by atoms with Gasteiger partial charge in [-0.05, 0) is 30.5 Å². The largest absolute Gasteiger partial charge is 0.493 e. The summed E-state index contributed by atoms with van der Waals surface area (Å²) in [6.45, 7) is 2.58. The Balaban J connectivity index is 1.82. The third-order valence-electron chi connectivity index (χ3n) is 6.20. The van der Waals surface area contributed by atoms with Gasteiger partial charge in [0.15, 0.2) is 11.5 Å². The van der Waals surface area contributed by atoms with E-state index in [1.807, 2.05) is 0 Å². The molecule has 1 aliphatic carbocycles. The molecule has 1 unspecified atom stereocenters. The molecule has 22 heavy (non-hydrogen) atoms. The van der Waals surface area contributed by atoms with E-state index in [1.54, 1.807) is 14.2 Å². The van der Waals surface area contributed by atoms with Crippen LogP contribution in [-0.2, 0) is 6.42 Å². The molecule has 1 fully saturated rings. The normalized spacial score (nSPS) is 35.5. The number of fused-ring (bicyclic) bond motifs is 5. The van der Waals surface area contributed by atoms with Crippen LogP contribution in [0.2, 0.25) is 0 Å². The first kappa shape index (κ1) is 14.1. The molecule has 0 amide bonds. The van der Waals surface area contributed by atoms with E-state index >= 15 is 0 Å². The van der Waals surface area contributed by atoms with Crippen LogP contribution < -0.4 is 9.47 Å². The average Bonchev–Trinajstić information content (AvgIpc) is 2.85. The highest BCUT2D eigenvalue weighted by molar-refractivity contribution is 5.49. The summed E-state index contributed by atoms with van der Waals surface area (Å²) in [5, 5.41) is 0. The number of likely N-dealkylation sites (N-methyl/N-ethyl adjacent to an activating group) is 1. The van der Waals surface area contributed by atoms with Gasteiger partial charge < -0.3 is 14.0 Å². The fourth-order valence-corrected chi connectivity index (χ4v) is 5.20. The minimum atomic E-state index is 0.624. The first-order valence-corrected chi connectivity index (χ1v) is 8.40. The number of hydrogen-bond donors (Lipinski definition) is 0. The van der Waals surface area contributed by atoms with Gasteiger partial charge in [0.05, 0.1) is 34.4 Å². The number of nitrogens with zero attached hydrogens (tertiary/aromatic N) is 1. The van der Waals surface area contributed by atoms with E-state index in [0.29, 0.717) is 6.04 Å². The zero-order valence-electron chi connectivity index (χ0n) is 13.8. The van der Waals surface area contributed by atoms with E-state index in [-0.39, 0.29) is 0 Å². The molecular weight excluding hydrogens is 274 g/mol. The lowest BCUT2D eigenvalue weighted by atomic mass is 9.77. The number of quaternary nitrogens is 1. The van der Waals surface area contributed by atoms with Gasteiger partial charge in [-0.25, -0.2) is 0 Å². The van der Waals surface area contributed by atoms with E-state index in [4.69, 9.17) is 9.47 Å². The lowest BCUT2D eigenvalue weighted by Gasteiger charge is -2.42. The molecule has 3 aliphatic rings. The van der Waals surface area contributed by atoms with E-state index in [9.17, 15) is 0 Å². The van der Waals surface area contributed by atoms with Crippen molar-refractivity contribution >= 4 is 0 Å². The van der Waals surface area contributed by atoms with Gasteiger partial charge >= 0.3 is 0 Å². The van der Waals surface area contributed by atoms with Crippen molar-refractivity contribution in [2.45, 2.75) is 25.3 Å². The summed E-state index contributed by atoms with van der Waals surface area (Å²) in [6.07, 6.45) is 8.43. The zero-order valence-corrected chi connectivity index (χ0v) is 13.8. The van der Waals surface area contributed by atoms with Gasteiger partial charge in [0, 0.05) is 23.8 Å². The zero-order chi connectivity index (χ0) is 15.3. The van der Waals surface area contributed by atoms with Gasteiger partial charge in [-0.2, -0.15) is 0 Å². The molecule has 0 aromatic heterocycles. The van der Waals surface area contributed by atoms with Gasteiger partial charge in [-0.3, -0.25) is 0 Å².